The van der Waals surface area contributed by atoms with Crippen molar-refractivity contribution in [3.63, 3.8) is 0 Å². The number of ether oxygens (including phenoxy) is 1. The number of rotatable bonds is 5. The smallest absolute Gasteiger partial charge is 0.272 e. The highest BCUT2D eigenvalue weighted by molar-refractivity contribution is 5.92. The van der Waals surface area contributed by atoms with Crippen molar-refractivity contribution in [2.75, 3.05) is 13.7 Å². The molecule has 0 bridgehead atoms. The van der Waals surface area contributed by atoms with Crippen LogP contribution in [0.5, 0.6) is 0 Å². The minimum atomic E-state index is -0.386. The van der Waals surface area contributed by atoms with E-state index >= 15 is 0 Å². The predicted octanol–water partition coefficient (Wildman–Crippen LogP) is 1.45. The maximum atomic E-state index is 13.8. The molecule has 24 heavy (non-hydrogen) atoms. The number of carbonyl (C=O) groups excluding carboxylic acids is 1. The van der Waals surface area contributed by atoms with Gasteiger partial charge in [0.25, 0.3) is 11.5 Å². The van der Waals surface area contributed by atoms with Gasteiger partial charge in [-0.2, -0.15) is 5.10 Å². The van der Waals surface area contributed by atoms with Crippen LogP contribution >= 0.6 is 0 Å². The second-order valence-corrected chi connectivity index (χ2v) is 5.65. The first kappa shape index (κ1) is 16.3. The first-order valence-corrected chi connectivity index (χ1v) is 7.75. The van der Waals surface area contributed by atoms with Gasteiger partial charge in [0.1, 0.15) is 11.5 Å². The fraction of sp³-hybridized carbons (Fsp3) is 0.353. The second kappa shape index (κ2) is 6.92. The molecule has 1 heterocycles. The fourth-order valence-corrected chi connectivity index (χ4v) is 2.90. The Bertz CT molecular complexity index is 819. The van der Waals surface area contributed by atoms with Gasteiger partial charge in [-0.25, -0.2) is 9.07 Å². The third kappa shape index (κ3) is 3.21. The third-order valence-electron chi connectivity index (χ3n) is 4.13. The molecule has 1 amide bonds. The molecule has 7 heteroatoms. The van der Waals surface area contributed by atoms with E-state index in [4.69, 9.17) is 4.74 Å². The van der Waals surface area contributed by atoms with Crippen molar-refractivity contribution in [3.8, 4) is 0 Å². The quantitative estimate of drug-likeness (QED) is 0.900. The zero-order chi connectivity index (χ0) is 17.1. The van der Waals surface area contributed by atoms with Crippen LogP contribution in [-0.4, -0.2) is 29.4 Å². The number of methoxy groups -OCH3 is 1. The average molecular weight is 331 g/mol. The molecule has 2 aromatic rings. The number of hydrogen-bond acceptors (Lipinski definition) is 4. The van der Waals surface area contributed by atoms with Crippen LogP contribution in [0, 0.1) is 5.82 Å². The van der Waals surface area contributed by atoms with Crippen molar-refractivity contribution >= 4 is 5.91 Å². The molecule has 0 saturated heterocycles. The molecular weight excluding hydrogens is 313 g/mol. The molecule has 3 rings (SSSR count). The normalized spacial score (nSPS) is 16.0. The van der Waals surface area contributed by atoms with Gasteiger partial charge in [-0.05, 0) is 36.1 Å². The molecule has 1 aliphatic rings. The molecular formula is C17H18FN3O3. The Morgan fingerprint density at radius 2 is 2.25 bits per heavy atom. The van der Waals surface area contributed by atoms with E-state index in [1.165, 1.54) is 30.0 Å². The lowest BCUT2D eigenvalue weighted by Crippen LogP contribution is -2.32. The molecule has 6 nitrogen and oxygen atoms in total. The van der Waals surface area contributed by atoms with Gasteiger partial charge in [0.05, 0.1) is 19.2 Å². The van der Waals surface area contributed by atoms with Gasteiger partial charge in [-0.1, -0.05) is 12.1 Å². The van der Waals surface area contributed by atoms with E-state index in [0.29, 0.717) is 25.0 Å². The van der Waals surface area contributed by atoms with Gasteiger partial charge < -0.3 is 10.1 Å². The largest absolute Gasteiger partial charge is 0.383 e. The molecule has 1 N–H and O–H groups in total. The van der Waals surface area contributed by atoms with E-state index in [2.05, 4.69) is 10.4 Å². The molecule has 1 atom stereocenters. The van der Waals surface area contributed by atoms with Crippen LogP contribution < -0.4 is 10.9 Å². The topological polar surface area (TPSA) is 73.2 Å². The zero-order valence-corrected chi connectivity index (χ0v) is 13.3. The van der Waals surface area contributed by atoms with Crippen LogP contribution in [0.15, 0.2) is 35.1 Å². The lowest BCUT2D eigenvalue weighted by atomic mass is 10.1. The number of carbonyl (C=O) groups is 1. The van der Waals surface area contributed by atoms with E-state index in [9.17, 15) is 14.0 Å². The lowest BCUT2D eigenvalue weighted by molar-refractivity contribution is 0.0928. The SMILES string of the molecule is COCCn1nc(C(=O)NC2CCc3c(F)cccc32)ccc1=O. The van der Waals surface area contributed by atoms with Crippen molar-refractivity contribution in [1.82, 2.24) is 15.1 Å². The summed E-state index contributed by atoms with van der Waals surface area (Å²) in [6, 6.07) is 7.34. The Balaban J connectivity index is 1.77. The Labute approximate surface area is 138 Å². The molecule has 1 aromatic carbocycles. The highest BCUT2D eigenvalue weighted by atomic mass is 19.1. The van der Waals surface area contributed by atoms with Gasteiger partial charge >= 0.3 is 0 Å². The summed E-state index contributed by atoms with van der Waals surface area (Å²) in [6.45, 7) is 0.598. The number of hydrogen-bond donors (Lipinski definition) is 1. The van der Waals surface area contributed by atoms with Gasteiger partial charge in [0.2, 0.25) is 0 Å². The summed E-state index contributed by atoms with van der Waals surface area (Å²) in [5, 5.41) is 6.93. The molecule has 0 fully saturated rings. The molecule has 1 unspecified atom stereocenters. The Morgan fingerprint density at radius 3 is 3.04 bits per heavy atom. The Morgan fingerprint density at radius 1 is 1.42 bits per heavy atom. The molecule has 126 valence electrons. The van der Waals surface area contributed by atoms with Gasteiger partial charge in [-0.15, -0.1) is 0 Å². The lowest BCUT2D eigenvalue weighted by Gasteiger charge is -2.14. The van der Waals surface area contributed by atoms with Gasteiger partial charge in [0.15, 0.2) is 0 Å². The molecule has 0 spiro atoms. The predicted molar refractivity (Wildman–Crippen MR) is 85.3 cm³/mol. The first-order valence-electron chi connectivity index (χ1n) is 7.75. The van der Waals surface area contributed by atoms with Crippen molar-refractivity contribution in [2.45, 2.75) is 25.4 Å². The molecule has 1 aromatic heterocycles. The maximum absolute atomic E-state index is 13.8. The van der Waals surface area contributed by atoms with Crippen LogP contribution in [0.3, 0.4) is 0 Å². The second-order valence-electron chi connectivity index (χ2n) is 5.65. The number of benzene rings is 1. The number of amides is 1. The first-order chi connectivity index (χ1) is 11.6. The molecule has 1 aliphatic carbocycles. The zero-order valence-electron chi connectivity index (χ0n) is 13.3. The number of fused-ring (bicyclic) bond motifs is 1. The summed E-state index contributed by atoms with van der Waals surface area (Å²) in [5.41, 5.74) is 1.31. The number of nitrogens with zero attached hydrogens (tertiary/aromatic N) is 2. The third-order valence-corrected chi connectivity index (χ3v) is 4.13. The summed E-state index contributed by atoms with van der Waals surface area (Å²) in [6.07, 6.45) is 1.24. The van der Waals surface area contributed by atoms with Crippen molar-refractivity contribution in [2.24, 2.45) is 0 Å². The van der Waals surface area contributed by atoms with E-state index in [-0.39, 0.29) is 35.6 Å². The van der Waals surface area contributed by atoms with E-state index in [0.717, 1.165) is 5.56 Å². The number of aromatic nitrogens is 2. The van der Waals surface area contributed by atoms with E-state index in [1.54, 1.807) is 6.07 Å². The fourth-order valence-electron chi connectivity index (χ4n) is 2.90. The van der Waals surface area contributed by atoms with Crippen LogP contribution in [0.2, 0.25) is 0 Å². The van der Waals surface area contributed by atoms with E-state index in [1.807, 2.05) is 6.07 Å². The average Bonchev–Trinajstić information content (AvgIpc) is 2.98. The summed E-state index contributed by atoms with van der Waals surface area (Å²) in [5.74, 6) is -0.626. The van der Waals surface area contributed by atoms with Crippen LogP contribution in [0.1, 0.15) is 34.1 Å². The van der Waals surface area contributed by atoms with Gasteiger partial charge in [-0.3, -0.25) is 9.59 Å². The van der Waals surface area contributed by atoms with Crippen LogP contribution in [-0.2, 0) is 17.7 Å². The summed E-state index contributed by atoms with van der Waals surface area (Å²) >= 11 is 0. The van der Waals surface area contributed by atoms with E-state index < -0.39 is 0 Å². The minimum Gasteiger partial charge on any atom is -0.383 e. The highest BCUT2D eigenvalue weighted by Gasteiger charge is 2.26. The van der Waals surface area contributed by atoms with Crippen molar-refractivity contribution in [1.29, 1.82) is 0 Å². The number of halogens is 1. The molecule has 0 aliphatic heterocycles. The van der Waals surface area contributed by atoms with Crippen molar-refractivity contribution < 1.29 is 13.9 Å². The summed E-state index contributed by atoms with van der Waals surface area (Å²) in [7, 11) is 1.53. The maximum Gasteiger partial charge on any atom is 0.272 e. The van der Waals surface area contributed by atoms with Crippen LogP contribution in [0.4, 0.5) is 4.39 Å². The van der Waals surface area contributed by atoms with Crippen molar-refractivity contribution in [3.05, 3.63) is 63.3 Å². The summed E-state index contributed by atoms with van der Waals surface area (Å²) in [4.78, 5) is 24.1. The molecule has 0 saturated carbocycles. The number of nitrogens with one attached hydrogen (secondary N) is 1. The monoisotopic (exact) mass is 331 g/mol. The Hall–Kier alpha value is -2.54. The van der Waals surface area contributed by atoms with Gasteiger partial charge in [0, 0.05) is 13.2 Å². The minimum absolute atomic E-state index is 0.149. The Kier molecular flexibility index (Phi) is 4.71. The standard InChI is InChI=1S/C17H18FN3O3/c1-24-10-9-21-16(22)8-7-15(20-21)17(23)19-14-6-5-11-12(14)3-2-4-13(11)18/h2-4,7-8,14H,5-6,9-10H2,1H3,(H,19,23). The highest BCUT2D eigenvalue weighted by Crippen LogP contribution is 2.32. The summed E-state index contributed by atoms with van der Waals surface area (Å²) < 4.78 is 19.9. The van der Waals surface area contributed by atoms with Crippen LogP contribution in [0.25, 0.3) is 0 Å². The molecule has 0 radical (unpaired) electrons.